The van der Waals surface area contributed by atoms with Crippen molar-refractivity contribution in [2.24, 2.45) is 11.3 Å². The van der Waals surface area contributed by atoms with E-state index >= 15 is 0 Å². The third kappa shape index (κ3) is 2.22. The second-order valence-corrected chi connectivity index (χ2v) is 5.31. The van der Waals surface area contributed by atoms with Crippen molar-refractivity contribution >= 4 is 5.97 Å². The van der Waals surface area contributed by atoms with Crippen molar-refractivity contribution in [3.63, 3.8) is 0 Å². The summed E-state index contributed by atoms with van der Waals surface area (Å²) >= 11 is 0. The molecule has 0 radical (unpaired) electrons. The molecule has 3 rings (SSSR count). The highest BCUT2D eigenvalue weighted by Gasteiger charge is 2.53. The summed E-state index contributed by atoms with van der Waals surface area (Å²) in [6.45, 7) is 1.67. The smallest absolute Gasteiger partial charge is 0.371 e. The number of rotatable bonds is 6. The Kier molecular flexibility index (Phi) is 2.47. The van der Waals surface area contributed by atoms with E-state index in [1.807, 2.05) is 0 Å². The van der Waals surface area contributed by atoms with Crippen molar-refractivity contribution in [2.75, 3.05) is 6.54 Å². The Morgan fingerprint density at radius 2 is 2.24 bits per heavy atom. The van der Waals surface area contributed by atoms with E-state index in [0.717, 1.165) is 12.5 Å². The van der Waals surface area contributed by atoms with Gasteiger partial charge in [0.05, 0.1) is 6.54 Å². The van der Waals surface area contributed by atoms with Crippen LogP contribution in [0.3, 0.4) is 0 Å². The number of carboxylic acid groups (broad SMARTS) is 1. The Morgan fingerprint density at radius 1 is 1.47 bits per heavy atom. The lowest BCUT2D eigenvalue weighted by Gasteiger charge is -2.13. The van der Waals surface area contributed by atoms with Crippen molar-refractivity contribution in [1.82, 2.24) is 5.32 Å². The first-order valence-corrected chi connectivity index (χ1v) is 6.22. The van der Waals surface area contributed by atoms with Crippen LogP contribution in [-0.4, -0.2) is 17.6 Å². The molecule has 1 heterocycles. The predicted molar refractivity (Wildman–Crippen MR) is 61.8 cm³/mol. The van der Waals surface area contributed by atoms with Gasteiger partial charge >= 0.3 is 5.97 Å². The first-order valence-electron chi connectivity index (χ1n) is 6.22. The van der Waals surface area contributed by atoms with Gasteiger partial charge in [-0.05, 0) is 49.1 Å². The summed E-state index contributed by atoms with van der Waals surface area (Å²) in [5.41, 5.74) is 0.572. The summed E-state index contributed by atoms with van der Waals surface area (Å²) in [5.74, 6) is 0.660. The maximum Gasteiger partial charge on any atom is 0.371 e. The van der Waals surface area contributed by atoms with Crippen LogP contribution in [0, 0.1) is 11.3 Å². The predicted octanol–water partition coefficient (Wildman–Crippen LogP) is 2.26. The van der Waals surface area contributed by atoms with Gasteiger partial charge < -0.3 is 14.8 Å². The topological polar surface area (TPSA) is 62.5 Å². The lowest BCUT2D eigenvalue weighted by atomic mass is 10.0. The van der Waals surface area contributed by atoms with Crippen molar-refractivity contribution in [2.45, 2.75) is 32.2 Å². The van der Waals surface area contributed by atoms with E-state index in [1.54, 1.807) is 6.07 Å². The van der Waals surface area contributed by atoms with Gasteiger partial charge in [-0.2, -0.15) is 0 Å². The number of furan rings is 1. The Labute approximate surface area is 100 Å². The molecule has 0 saturated heterocycles. The molecule has 0 atom stereocenters. The molecule has 2 saturated carbocycles. The van der Waals surface area contributed by atoms with Crippen LogP contribution < -0.4 is 5.32 Å². The van der Waals surface area contributed by atoms with Crippen LogP contribution in [-0.2, 0) is 6.54 Å². The van der Waals surface area contributed by atoms with Gasteiger partial charge in [0.1, 0.15) is 5.76 Å². The molecule has 0 unspecified atom stereocenters. The third-order valence-corrected chi connectivity index (χ3v) is 3.98. The molecule has 1 aromatic rings. The summed E-state index contributed by atoms with van der Waals surface area (Å²) in [7, 11) is 0. The van der Waals surface area contributed by atoms with Gasteiger partial charge in [0, 0.05) is 6.54 Å². The minimum absolute atomic E-state index is 0.0186. The van der Waals surface area contributed by atoms with Gasteiger partial charge in [0.25, 0.3) is 0 Å². The number of hydrogen-bond donors (Lipinski definition) is 2. The van der Waals surface area contributed by atoms with Gasteiger partial charge in [-0.15, -0.1) is 0 Å². The molecule has 2 fully saturated rings. The number of aromatic carboxylic acids is 1. The minimum atomic E-state index is -1.01. The average molecular weight is 235 g/mol. The molecule has 0 aliphatic heterocycles. The minimum Gasteiger partial charge on any atom is -0.475 e. The van der Waals surface area contributed by atoms with Crippen LogP contribution in [0.15, 0.2) is 16.5 Å². The van der Waals surface area contributed by atoms with Crippen LogP contribution >= 0.6 is 0 Å². The zero-order valence-corrected chi connectivity index (χ0v) is 9.74. The maximum atomic E-state index is 10.6. The molecule has 4 nitrogen and oxygen atoms in total. The van der Waals surface area contributed by atoms with Gasteiger partial charge in [-0.3, -0.25) is 0 Å². The van der Waals surface area contributed by atoms with Crippen LogP contribution in [0.25, 0.3) is 0 Å². The molecule has 0 amide bonds. The molecule has 0 aromatic carbocycles. The molecular weight excluding hydrogens is 218 g/mol. The van der Waals surface area contributed by atoms with Crippen LogP contribution in [0.4, 0.5) is 0 Å². The quantitative estimate of drug-likeness (QED) is 0.794. The molecule has 4 heteroatoms. The van der Waals surface area contributed by atoms with Crippen LogP contribution in [0.2, 0.25) is 0 Å². The molecular formula is C13H17NO3. The fraction of sp³-hybridized carbons (Fsp3) is 0.615. The molecule has 1 aromatic heterocycles. The summed E-state index contributed by atoms with van der Waals surface area (Å²) in [6, 6.07) is 3.24. The largest absolute Gasteiger partial charge is 0.475 e. The number of carbonyl (C=O) groups is 1. The summed E-state index contributed by atoms with van der Waals surface area (Å²) in [4.78, 5) is 10.6. The van der Waals surface area contributed by atoms with Crippen LogP contribution in [0.1, 0.15) is 42.0 Å². The van der Waals surface area contributed by atoms with E-state index in [0.29, 0.717) is 17.7 Å². The van der Waals surface area contributed by atoms with Crippen molar-refractivity contribution < 1.29 is 14.3 Å². The number of carboxylic acids is 1. The summed E-state index contributed by atoms with van der Waals surface area (Å²) < 4.78 is 5.19. The average Bonchev–Trinajstić information content (AvgIpc) is 3.17. The maximum absolute atomic E-state index is 10.6. The fourth-order valence-corrected chi connectivity index (χ4v) is 2.61. The van der Waals surface area contributed by atoms with Gasteiger partial charge in [-0.1, -0.05) is 0 Å². The lowest BCUT2D eigenvalue weighted by Crippen LogP contribution is -2.24. The Balaban J connectivity index is 1.48. The molecule has 0 spiro atoms. The highest BCUT2D eigenvalue weighted by Crippen LogP contribution is 2.60. The highest BCUT2D eigenvalue weighted by atomic mass is 16.4. The van der Waals surface area contributed by atoms with E-state index in [1.165, 1.54) is 31.7 Å². The second kappa shape index (κ2) is 3.88. The highest BCUT2D eigenvalue weighted by molar-refractivity contribution is 5.84. The third-order valence-electron chi connectivity index (χ3n) is 3.98. The Hall–Kier alpha value is -1.29. The Morgan fingerprint density at radius 3 is 2.76 bits per heavy atom. The lowest BCUT2D eigenvalue weighted by molar-refractivity contribution is 0.0660. The summed E-state index contributed by atoms with van der Waals surface area (Å²) in [5, 5.41) is 12.1. The fourth-order valence-electron chi connectivity index (χ4n) is 2.61. The Bertz CT molecular complexity index is 430. The molecule has 92 valence electrons. The second-order valence-electron chi connectivity index (χ2n) is 5.31. The van der Waals surface area contributed by atoms with Gasteiger partial charge in [0.15, 0.2) is 0 Å². The standard InChI is InChI=1S/C13H17NO3/c15-12(16)11-4-3-10(17-11)7-14-8-13(5-6-13)9-1-2-9/h3-4,9,14H,1-2,5-8H2,(H,15,16). The van der Waals surface area contributed by atoms with Crippen molar-refractivity contribution in [1.29, 1.82) is 0 Å². The first-order chi connectivity index (χ1) is 8.20. The molecule has 2 aliphatic rings. The number of hydrogen-bond acceptors (Lipinski definition) is 3. The van der Waals surface area contributed by atoms with E-state index in [4.69, 9.17) is 9.52 Å². The van der Waals surface area contributed by atoms with Crippen molar-refractivity contribution in [3.8, 4) is 0 Å². The normalized spacial score (nSPS) is 21.4. The van der Waals surface area contributed by atoms with Gasteiger partial charge in [0.2, 0.25) is 5.76 Å². The SMILES string of the molecule is O=C(O)c1ccc(CNCC2(C3CC3)CC2)o1. The van der Waals surface area contributed by atoms with Gasteiger partial charge in [-0.25, -0.2) is 4.79 Å². The van der Waals surface area contributed by atoms with Crippen molar-refractivity contribution in [3.05, 3.63) is 23.7 Å². The molecule has 17 heavy (non-hydrogen) atoms. The zero-order chi connectivity index (χ0) is 11.9. The van der Waals surface area contributed by atoms with E-state index in [-0.39, 0.29) is 5.76 Å². The zero-order valence-electron chi connectivity index (χ0n) is 9.74. The van der Waals surface area contributed by atoms with E-state index in [2.05, 4.69) is 5.32 Å². The van der Waals surface area contributed by atoms with E-state index < -0.39 is 5.97 Å². The summed E-state index contributed by atoms with van der Waals surface area (Å²) in [6.07, 6.45) is 5.49. The monoisotopic (exact) mass is 235 g/mol. The molecule has 0 bridgehead atoms. The molecule has 2 N–H and O–H groups in total. The van der Waals surface area contributed by atoms with Crippen LogP contribution in [0.5, 0.6) is 0 Å². The molecule has 2 aliphatic carbocycles. The number of nitrogens with one attached hydrogen (secondary N) is 1. The van der Waals surface area contributed by atoms with E-state index in [9.17, 15) is 4.79 Å². The first kappa shape index (κ1) is 10.8.